The number of benzene rings is 2. The lowest BCUT2D eigenvalue weighted by molar-refractivity contribution is -0.384. The zero-order chi connectivity index (χ0) is 31.4. The van der Waals surface area contributed by atoms with Gasteiger partial charge in [0.25, 0.3) is 5.69 Å². The van der Waals surface area contributed by atoms with Gasteiger partial charge in [0.2, 0.25) is 11.8 Å². The smallest absolute Gasteiger partial charge is 0.271 e. The number of aromatic hydroxyl groups is 1. The minimum Gasteiger partial charge on any atom is -0.508 e. The number of nitrogens with zero attached hydrogens (tertiary/aromatic N) is 3. The SMILES string of the molecule is COCC1=C([C@H](O)CC/C(=C/c2ccc(O)cc2)c2ccccn2)[C@H](CO)[C@@H]2C(=O)N(c3cccc([N+](=O)[O-])c3)C(=O)[C@@H]2C1. The van der Waals surface area contributed by atoms with Crippen LogP contribution in [-0.4, -0.2) is 63.5 Å². The van der Waals surface area contributed by atoms with Crippen molar-refractivity contribution in [2.45, 2.75) is 25.4 Å². The average Bonchev–Trinajstić information content (AvgIpc) is 3.28. The molecule has 1 fully saturated rings. The van der Waals surface area contributed by atoms with Crippen LogP contribution < -0.4 is 4.90 Å². The molecule has 228 valence electrons. The van der Waals surface area contributed by atoms with E-state index in [0.717, 1.165) is 16.0 Å². The van der Waals surface area contributed by atoms with E-state index in [1.165, 1.54) is 31.4 Å². The second-order valence-corrected chi connectivity index (χ2v) is 10.9. The highest BCUT2D eigenvalue weighted by molar-refractivity contribution is 6.22. The lowest BCUT2D eigenvalue weighted by Crippen LogP contribution is -2.39. The number of ether oxygens (including phenoxy) is 1. The molecule has 3 aromatic rings. The van der Waals surface area contributed by atoms with Crippen molar-refractivity contribution >= 4 is 34.8 Å². The maximum atomic E-state index is 13.8. The largest absolute Gasteiger partial charge is 0.508 e. The number of methoxy groups -OCH3 is 1. The number of nitro benzene ring substituents is 1. The molecule has 4 atom stereocenters. The zero-order valence-electron chi connectivity index (χ0n) is 24.1. The van der Waals surface area contributed by atoms with Gasteiger partial charge in [-0.1, -0.05) is 24.3 Å². The molecule has 2 aliphatic rings. The number of fused-ring (bicyclic) bond motifs is 1. The van der Waals surface area contributed by atoms with Gasteiger partial charge in [-0.2, -0.15) is 0 Å². The van der Waals surface area contributed by atoms with Gasteiger partial charge in [0.05, 0.1) is 47.5 Å². The second-order valence-electron chi connectivity index (χ2n) is 10.9. The Kier molecular flexibility index (Phi) is 9.29. The molecule has 1 aromatic heterocycles. The normalized spacial score (nSPS) is 21.0. The van der Waals surface area contributed by atoms with Crippen LogP contribution in [0.4, 0.5) is 11.4 Å². The summed E-state index contributed by atoms with van der Waals surface area (Å²) in [5, 5.41) is 43.3. The van der Waals surface area contributed by atoms with E-state index in [0.29, 0.717) is 23.3 Å². The number of imide groups is 1. The number of nitro groups is 1. The molecule has 2 amide bonds. The van der Waals surface area contributed by atoms with Gasteiger partial charge in [-0.3, -0.25) is 24.7 Å². The predicted octanol–water partition coefficient (Wildman–Crippen LogP) is 4.14. The molecule has 5 rings (SSSR count). The Bertz CT molecular complexity index is 1600. The third-order valence-corrected chi connectivity index (χ3v) is 8.27. The molecule has 2 aromatic carbocycles. The van der Waals surface area contributed by atoms with Crippen molar-refractivity contribution in [3.05, 3.63) is 105 Å². The standard InChI is InChI=1S/C33H33N3O8/c1-44-19-22-16-26-31(33(41)35(32(26)40)23-5-4-6-24(17-23)36(42)43)27(18-37)30(22)29(39)13-10-21(28-7-2-3-14-34-28)15-20-8-11-25(38)12-9-20/h2-9,11-12,14-15,17,26-27,29,31,37-39H,10,13,16,18-19H2,1H3/b21-15-/t26-,27+,29-,31-/m1/s1. The molecule has 11 heteroatoms. The lowest BCUT2D eigenvalue weighted by Gasteiger charge is -2.36. The number of anilines is 1. The Morgan fingerprint density at radius 3 is 2.57 bits per heavy atom. The first-order valence-corrected chi connectivity index (χ1v) is 14.3. The maximum absolute atomic E-state index is 13.8. The number of pyridine rings is 1. The number of aromatic nitrogens is 1. The fourth-order valence-corrected chi connectivity index (χ4v) is 6.31. The summed E-state index contributed by atoms with van der Waals surface area (Å²) in [6.07, 6.45) is 3.30. The molecule has 1 saturated heterocycles. The Labute approximate surface area is 253 Å². The number of hydrogen-bond acceptors (Lipinski definition) is 9. The van der Waals surface area contributed by atoms with E-state index in [9.17, 15) is 35.0 Å². The molecule has 2 heterocycles. The number of aliphatic hydroxyl groups is 2. The predicted molar refractivity (Wildman–Crippen MR) is 162 cm³/mol. The maximum Gasteiger partial charge on any atom is 0.271 e. The quantitative estimate of drug-likeness (QED) is 0.127. The molecule has 0 radical (unpaired) electrons. The molecule has 0 saturated carbocycles. The number of hydrogen-bond donors (Lipinski definition) is 3. The van der Waals surface area contributed by atoms with Crippen molar-refractivity contribution in [2.75, 3.05) is 25.2 Å². The minimum absolute atomic E-state index is 0.0926. The van der Waals surface area contributed by atoms with Crippen LogP contribution in [0.15, 0.2) is 84.1 Å². The summed E-state index contributed by atoms with van der Waals surface area (Å²) in [6.45, 7) is -0.389. The molecule has 0 bridgehead atoms. The molecule has 11 nitrogen and oxygen atoms in total. The molecule has 0 unspecified atom stereocenters. The van der Waals surface area contributed by atoms with Crippen LogP contribution in [0, 0.1) is 27.9 Å². The number of allylic oxidation sites excluding steroid dienone is 1. The fourth-order valence-electron chi connectivity index (χ4n) is 6.31. The van der Waals surface area contributed by atoms with Crippen molar-refractivity contribution in [1.82, 2.24) is 4.98 Å². The molecular formula is C33H33N3O8. The van der Waals surface area contributed by atoms with Crippen LogP contribution >= 0.6 is 0 Å². The summed E-state index contributed by atoms with van der Waals surface area (Å²) >= 11 is 0. The molecule has 1 aliphatic carbocycles. The van der Waals surface area contributed by atoms with Crippen molar-refractivity contribution in [3.63, 3.8) is 0 Å². The fraction of sp³-hybridized carbons (Fsp3) is 0.303. The van der Waals surface area contributed by atoms with Gasteiger partial charge in [0, 0.05) is 31.4 Å². The Balaban J connectivity index is 1.45. The zero-order valence-corrected chi connectivity index (χ0v) is 24.1. The minimum atomic E-state index is -1.07. The van der Waals surface area contributed by atoms with Crippen LogP contribution in [0.5, 0.6) is 5.75 Å². The van der Waals surface area contributed by atoms with Crippen molar-refractivity contribution < 1.29 is 34.6 Å². The van der Waals surface area contributed by atoms with Gasteiger partial charge in [0.1, 0.15) is 5.75 Å². The molecule has 3 N–H and O–H groups in total. The first-order chi connectivity index (χ1) is 21.2. The van der Waals surface area contributed by atoms with Crippen molar-refractivity contribution in [1.29, 1.82) is 0 Å². The number of carbonyl (C=O) groups is 2. The van der Waals surface area contributed by atoms with Crippen LogP contribution in [-0.2, 0) is 14.3 Å². The van der Waals surface area contributed by atoms with Gasteiger partial charge in [-0.25, -0.2) is 4.90 Å². The highest BCUT2D eigenvalue weighted by atomic mass is 16.6. The van der Waals surface area contributed by atoms with Crippen LogP contribution in [0.1, 0.15) is 30.5 Å². The van der Waals surface area contributed by atoms with Crippen molar-refractivity contribution in [3.8, 4) is 5.75 Å². The summed E-state index contributed by atoms with van der Waals surface area (Å²) in [6, 6.07) is 17.6. The van der Waals surface area contributed by atoms with Crippen LogP contribution in [0.3, 0.4) is 0 Å². The third kappa shape index (κ3) is 6.16. The third-order valence-electron chi connectivity index (χ3n) is 8.27. The van der Waals surface area contributed by atoms with Gasteiger partial charge in [-0.05, 0) is 78.0 Å². The van der Waals surface area contributed by atoms with Crippen LogP contribution in [0.2, 0.25) is 0 Å². The van der Waals surface area contributed by atoms with Crippen LogP contribution in [0.25, 0.3) is 11.6 Å². The lowest BCUT2D eigenvalue weighted by atomic mass is 9.68. The van der Waals surface area contributed by atoms with E-state index in [4.69, 9.17) is 4.74 Å². The number of phenols is 1. The van der Waals surface area contributed by atoms with Gasteiger partial charge >= 0.3 is 0 Å². The summed E-state index contributed by atoms with van der Waals surface area (Å²) in [5.74, 6) is -3.53. The molecular weight excluding hydrogens is 566 g/mol. The summed E-state index contributed by atoms with van der Waals surface area (Å²) in [4.78, 5) is 43.5. The van der Waals surface area contributed by atoms with E-state index in [-0.39, 0.29) is 36.6 Å². The number of carbonyl (C=O) groups excluding carboxylic acids is 2. The Morgan fingerprint density at radius 2 is 1.91 bits per heavy atom. The highest BCUT2D eigenvalue weighted by Gasteiger charge is 2.55. The Morgan fingerprint density at radius 1 is 1.14 bits per heavy atom. The highest BCUT2D eigenvalue weighted by Crippen LogP contribution is 2.47. The number of amides is 2. The number of rotatable bonds is 11. The van der Waals surface area contributed by atoms with E-state index in [2.05, 4.69) is 4.98 Å². The number of phenolic OH excluding ortho intramolecular Hbond substituents is 1. The number of non-ortho nitro benzene ring substituents is 1. The second kappa shape index (κ2) is 13.3. The first kappa shape index (κ1) is 30.7. The first-order valence-electron chi connectivity index (χ1n) is 14.3. The van der Waals surface area contributed by atoms with Gasteiger partial charge in [-0.15, -0.1) is 0 Å². The summed E-state index contributed by atoms with van der Waals surface area (Å²) in [7, 11) is 1.49. The molecule has 44 heavy (non-hydrogen) atoms. The molecule has 1 aliphatic heterocycles. The van der Waals surface area contributed by atoms with Crippen molar-refractivity contribution in [2.24, 2.45) is 17.8 Å². The Hall–Kier alpha value is -4.71. The van der Waals surface area contributed by atoms with E-state index >= 15 is 0 Å². The van der Waals surface area contributed by atoms with E-state index < -0.39 is 47.2 Å². The molecule has 0 spiro atoms. The van der Waals surface area contributed by atoms with Gasteiger partial charge < -0.3 is 20.1 Å². The summed E-state index contributed by atoms with van der Waals surface area (Å²) < 4.78 is 5.43. The summed E-state index contributed by atoms with van der Waals surface area (Å²) in [5.41, 5.74) is 3.34. The number of aliphatic hydroxyl groups excluding tert-OH is 2. The average molecular weight is 600 g/mol. The van der Waals surface area contributed by atoms with E-state index in [1.54, 1.807) is 36.5 Å². The monoisotopic (exact) mass is 599 g/mol. The van der Waals surface area contributed by atoms with Gasteiger partial charge in [0.15, 0.2) is 0 Å². The topological polar surface area (TPSA) is 163 Å². The van der Waals surface area contributed by atoms with E-state index in [1.807, 2.05) is 18.2 Å².